The fraction of sp³-hybridized carbons (Fsp3) is 0.238. The van der Waals surface area contributed by atoms with Crippen molar-refractivity contribution in [3.05, 3.63) is 63.8 Å². The Hall–Kier alpha value is -3.88. The normalized spacial score (nSPS) is 20.5. The maximum atomic E-state index is 13.6. The Morgan fingerprint density at radius 2 is 1.97 bits per heavy atom. The van der Waals surface area contributed by atoms with Gasteiger partial charge >= 0.3 is 6.03 Å². The first-order chi connectivity index (χ1) is 14.4. The second kappa shape index (κ2) is 6.06. The van der Waals surface area contributed by atoms with Crippen LogP contribution in [0, 0.1) is 10.1 Å². The highest BCUT2D eigenvalue weighted by Crippen LogP contribution is 2.46. The molecule has 5 rings (SSSR count). The highest BCUT2D eigenvalue weighted by molar-refractivity contribution is 6.24. The lowest BCUT2D eigenvalue weighted by molar-refractivity contribution is -0.384. The van der Waals surface area contributed by atoms with Gasteiger partial charge in [-0.3, -0.25) is 14.9 Å². The zero-order chi connectivity index (χ0) is 21.2. The molecule has 0 unspecified atom stereocenters. The molecule has 0 saturated carbocycles. The predicted octanol–water partition coefficient (Wildman–Crippen LogP) is 3.32. The first-order valence-corrected chi connectivity index (χ1v) is 9.46. The zero-order valence-electron chi connectivity index (χ0n) is 16.3. The maximum absolute atomic E-state index is 13.6. The van der Waals surface area contributed by atoms with Gasteiger partial charge in [0.1, 0.15) is 11.4 Å². The van der Waals surface area contributed by atoms with E-state index in [0.717, 1.165) is 21.4 Å². The van der Waals surface area contributed by atoms with E-state index in [0.29, 0.717) is 24.4 Å². The molecule has 3 heterocycles. The number of amides is 3. The summed E-state index contributed by atoms with van der Waals surface area (Å²) in [5.74, 6) is 0.188. The minimum atomic E-state index is -1.28. The number of hydrogen-bond donors (Lipinski definition) is 1. The number of carbonyl (C=O) groups is 2. The number of urea groups is 1. The third-order valence-electron chi connectivity index (χ3n) is 6.09. The molecule has 0 spiro atoms. The molecule has 9 heteroatoms. The largest absolute Gasteiger partial charge is 0.497 e. The molecule has 9 nitrogen and oxygen atoms in total. The van der Waals surface area contributed by atoms with E-state index in [9.17, 15) is 19.7 Å². The standard InChI is InChI=1S/C21H18N4O5/c1-21-18-13(14-11-12(30-2)7-8-15(14)22-18)9-10-23(21)20(27)24(19(21)26)16-5-3-4-6-17(16)25(28)29/h3-8,11,22H,9-10H2,1-2H3/t21-/m1/s1. The lowest BCUT2D eigenvalue weighted by Crippen LogP contribution is -2.49. The number of nitrogens with one attached hydrogen (secondary N) is 1. The predicted molar refractivity (Wildman–Crippen MR) is 109 cm³/mol. The van der Waals surface area contributed by atoms with Crippen LogP contribution in [0.3, 0.4) is 0 Å². The first kappa shape index (κ1) is 18.2. The number of imide groups is 1. The molecule has 3 aromatic rings. The van der Waals surface area contributed by atoms with Crippen molar-refractivity contribution >= 4 is 34.2 Å². The van der Waals surface area contributed by atoms with E-state index in [4.69, 9.17) is 4.74 Å². The number of nitrogens with zero attached hydrogens (tertiary/aromatic N) is 3. The number of carbonyl (C=O) groups excluding carboxylic acids is 2. The van der Waals surface area contributed by atoms with Crippen molar-refractivity contribution in [1.29, 1.82) is 0 Å². The van der Waals surface area contributed by atoms with Crippen LogP contribution in [0.25, 0.3) is 10.9 Å². The molecule has 1 fully saturated rings. The first-order valence-electron chi connectivity index (χ1n) is 9.46. The Balaban J connectivity index is 1.69. The van der Waals surface area contributed by atoms with Gasteiger partial charge in [-0.2, -0.15) is 0 Å². The van der Waals surface area contributed by atoms with Crippen molar-refractivity contribution in [2.75, 3.05) is 18.6 Å². The number of rotatable bonds is 3. The number of benzene rings is 2. The molecule has 1 aromatic heterocycles. The molecule has 2 aromatic carbocycles. The van der Waals surface area contributed by atoms with Gasteiger partial charge in [0.15, 0.2) is 5.54 Å². The average molecular weight is 406 g/mol. The van der Waals surface area contributed by atoms with Crippen LogP contribution >= 0.6 is 0 Å². The smallest absolute Gasteiger partial charge is 0.332 e. The Bertz CT molecular complexity index is 1250. The maximum Gasteiger partial charge on any atom is 0.332 e. The Labute approximate surface area is 171 Å². The summed E-state index contributed by atoms with van der Waals surface area (Å²) in [7, 11) is 1.59. The Morgan fingerprint density at radius 1 is 1.20 bits per heavy atom. The number of H-pyrrole nitrogens is 1. The molecule has 0 aliphatic carbocycles. The van der Waals surface area contributed by atoms with Gasteiger partial charge in [-0.05, 0) is 43.2 Å². The second-order valence-electron chi connectivity index (χ2n) is 7.53. The molecular weight excluding hydrogens is 388 g/mol. The number of hydrogen-bond acceptors (Lipinski definition) is 5. The molecular formula is C21H18N4O5. The minimum absolute atomic E-state index is 0.0209. The van der Waals surface area contributed by atoms with Crippen molar-refractivity contribution in [2.45, 2.75) is 18.9 Å². The number of nitro benzene ring substituents is 1. The van der Waals surface area contributed by atoms with Gasteiger partial charge in [0.05, 0.1) is 17.7 Å². The number of nitro groups is 1. The van der Waals surface area contributed by atoms with Crippen LogP contribution in [-0.2, 0) is 16.8 Å². The number of methoxy groups -OCH3 is 1. The van der Waals surface area contributed by atoms with Crippen LogP contribution in [0.15, 0.2) is 42.5 Å². The fourth-order valence-corrected chi connectivity index (χ4v) is 4.57. The summed E-state index contributed by atoms with van der Waals surface area (Å²) in [6.45, 7) is 2.02. The van der Waals surface area contributed by atoms with E-state index in [1.807, 2.05) is 18.2 Å². The molecule has 1 saturated heterocycles. The molecule has 1 N–H and O–H groups in total. The number of para-hydroxylation sites is 2. The van der Waals surface area contributed by atoms with Gasteiger partial charge in [0.2, 0.25) is 0 Å². The molecule has 0 radical (unpaired) electrons. The average Bonchev–Trinajstić information content (AvgIpc) is 3.21. The van der Waals surface area contributed by atoms with E-state index in [1.54, 1.807) is 20.1 Å². The summed E-state index contributed by atoms with van der Waals surface area (Å²) in [4.78, 5) is 43.5. The van der Waals surface area contributed by atoms with E-state index in [1.165, 1.54) is 23.1 Å². The fourth-order valence-electron chi connectivity index (χ4n) is 4.57. The highest BCUT2D eigenvalue weighted by atomic mass is 16.6. The quantitative estimate of drug-likeness (QED) is 0.408. The molecule has 1 atom stereocenters. The SMILES string of the molecule is COc1ccc2[nH]c3c(c2c1)CCN1C(=O)N(c2ccccc2[N+](=O)[O-])C(=O)[C@@]31C. The van der Waals surface area contributed by atoms with Gasteiger partial charge < -0.3 is 14.6 Å². The summed E-state index contributed by atoms with van der Waals surface area (Å²) >= 11 is 0. The lowest BCUT2D eigenvalue weighted by Gasteiger charge is -2.35. The van der Waals surface area contributed by atoms with Gasteiger partial charge in [-0.25, -0.2) is 9.69 Å². The summed E-state index contributed by atoms with van der Waals surface area (Å²) in [5, 5.41) is 12.4. The molecule has 2 aliphatic heterocycles. The Morgan fingerprint density at radius 3 is 2.70 bits per heavy atom. The number of ether oxygens (including phenoxy) is 1. The van der Waals surface area contributed by atoms with Crippen molar-refractivity contribution < 1.29 is 19.2 Å². The van der Waals surface area contributed by atoms with Gasteiger partial charge in [0.25, 0.3) is 11.6 Å². The van der Waals surface area contributed by atoms with Gasteiger partial charge in [-0.1, -0.05) is 12.1 Å². The number of anilines is 1. The summed E-state index contributed by atoms with van der Waals surface area (Å²) in [6.07, 6.45) is 0.557. The highest BCUT2D eigenvalue weighted by Gasteiger charge is 2.59. The van der Waals surface area contributed by atoms with Crippen molar-refractivity contribution in [3.8, 4) is 5.75 Å². The van der Waals surface area contributed by atoms with Crippen molar-refractivity contribution in [1.82, 2.24) is 9.88 Å². The van der Waals surface area contributed by atoms with E-state index in [-0.39, 0.29) is 11.4 Å². The number of aromatic nitrogens is 1. The topological polar surface area (TPSA) is 109 Å². The number of fused-ring (bicyclic) bond motifs is 5. The van der Waals surface area contributed by atoms with Gasteiger partial charge in [0, 0.05) is 23.5 Å². The third kappa shape index (κ3) is 2.17. The van der Waals surface area contributed by atoms with Crippen LogP contribution in [0.5, 0.6) is 5.75 Å². The van der Waals surface area contributed by atoms with Crippen molar-refractivity contribution in [3.63, 3.8) is 0 Å². The molecule has 2 aliphatic rings. The van der Waals surface area contributed by atoms with Crippen LogP contribution in [0.2, 0.25) is 0 Å². The molecule has 3 amide bonds. The summed E-state index contributed by atoms with van der Waals surface area (Å²) in [5.41, 5.74) is 0.843. The molecule has 0 bridgehead atoms. The van der Waals surface area contributed by atoms with Crippen molar-refractivity contribution in [2.24, 2.45) is 0 Å². The molecule has 152 valence electrons. The zero-order valence-corrected chi connectivity index (χ0v) is 16.3. The Kier molecular flexibility index (Phi) is 3.67. The second-order valence-corrected chi connectivity index (χ2v) is 7.53. The number of aromatic amines is 1. The van der Waals surface area contributed by atoms with E-state index < -0.39 is 22.4 Å². The van der Waals surface area contributed by atoms with E-state index >= 15 is 0 Å². The minimum Gasteiger partial charge on any atom is -0.497 e. The monoisotopic (exact) mass is 406 g/mol. The third-order valence-corrected chi connectivity index (χ3v) is 6.09. The summed E-state index contributed by atoms with van der Waals surface area (Å²) < 4.78 is 5.33. The van der Waals surface area contributed by atoms with Crippen LogP contribution < -0.4 is 9.64 Å². The lowest BCUT2D eigenvalue weighted by atomic mass is 9.87. The molecule has 30 heavy (non-hydrogen) atoms. The summed E-state index contributed by atoms with van der Waals surface area (Å²) in [6, 6.07) is 10.8. The van der Waals surface area contributed by atoms with Crippen LogP contribution in [-0.4, -0.2) is 40.4 Å². The van der Waals surface area contributed by atoms with Gasteiger partial charge in [-0.15, -0.1) is 0 Å². The van der Waals surface area contributed by atoms with Crippen LogP contribution in [0.1, 0.15) is 18.2 Å². The van der Waals surface area contributed by atoms with E-state index in [2.05, 4.69) is 4.98 Å². The van der Waals surface area contributed by atoms with Crippen LogP contribution in [0.4, 0.5) is 16.2 Å².